The predicted molar refractivity (Wildman–Crippen MR) is 65.9 cm³/mol. The molecule has 1 aromatic carbocycles. The Morgan fingerprint density at radius 2 is 1.87 bits per heavy atom. The van der Waals surface area contributed by atoms with Gasteiger partial charge in [0.2, 0.25) is 0 Å². The van der Waals surface area contributed by atoms with Crippen LogP contribution in [0.3, 0.4) is 0 Å². The summed E-state index contributed by atoms with van der Waals surface area (Å²) in [5, 5.41) is 0. The highest BCUT2D eigenvalue weighted by Crippen LogP contribution is 2.33. The van der Waals surface area contributed by atoms with Crippen molar-refractivity contribution >= 4 is 11.8 Å². The van der Waals surface area contributed by atoms with Gasteiger partial charge in [0, 0.05) is 4.90 Å². The first-order valence-electron chi connectivity index (χ1n) is 5.48. The average molecular weight is 222 g/mol. The average Bonchev–Trinajstić information content (AvgIpc) is 3.00. The molecule has 0 spiro atoms. The van der Waals surface area contributed by atoms with E-state index in [4.69, 9.17) is 4.74 Å². The summed E-state index contributed by atoms with van der Waals surface area (Å²) < 4.78 is 5.88. The lowest BCUT2D eigenvalue weighted by atomic mass is 10.1. The number of thioether (sulfide) groups is 1. The van der Waals surface area contributed by atoms with Gasteiger partial charge in [0.15, 0.2) is 0 Å². The maximum atomic E-state index is 5.88. The zero-order chi connectivity index (χ0) is 10.8. The maximum Gasteiger partial charge on any atom is 0.125 e. The first kappa shape index (κ1) is 10.9. The van der Waals surface area contributed by atoms with Gasteiger partial charge in [-0.1, -0.05) is 0 Å². The van der Waals surface area contributed by atoms with Crippen LogP contribution in [0.5, 0.6) is 5.75 Å². The van der Waals surface area contributed by atoms with E-state index in [9.17, 15) is 0 Å². The van der Waals surface area contributed by atoms with E-state index in [1.165, 1.54) is 28.9 Å². The van der Waals surface area contributed by atoms with E-state index in [0.717, 1.165) is 18.3 Å². The molecule has 0 atom stereocenters. The van der Waals surface area contributed by atoms with Gasteiger partial charge in [0.1, 0.15) is 5.75 Å². The van der Waals surface area contributed by atoms with E-state index in [1.807, 2.05) is 0 Å². The molecule has 82 valence electrons. The van der Waals surface area contributed by atoms with Crippen molar-refractivity contribution in [2.45, 2.75) is 31.6 Å². The zero-order valence-corrected chi connectivity index (χ0v) is 10.5. The molecule has 0 aliphatic heterocycles. The van der Waals surface area contributed by atoms with E-state index >= 15 is 0 Å². The van der Waals surface area contributed by atoms with Crippen LogP contribution in [0, 0.1) is 19.8 Å². The summed E-state index contributed by atoms with van der Waals surface area (Å²) in [7, 11) is 0. The third-order valence-corrected chi connectivity index (χ3v) is 3.54. The highest BCUT2D eigenvalue weighted by atomic mass is 32.2. The van der Waals surface area contributed by atoms with Crippen molar-refractivity contribution in [1.29, 1.82) is 0 Å². The van der Waals surface area contributed by atoms with Gasteiger partial charge in [-0.05, 0) is 62.1 Å². The van der Waals surface area contributed by atoms with Crippen LogP contribution in [-0.2, 0) is 0 Å². The van der Waals surface area contributed by atoms with Gasteiger partial charge < -0.3 is 4.74 Å². The zero-order valence-electron chi connectivity index (χ0n) is 9.67. The molecule has 1 aromatic rings. The lowest BCUT2D eigenvalue weighted by molar-refractivity contribution is 0.295. The van der Waals surface area contributed by atoms with E-state index < -0.39 is 0 Å². The summed E-state index contributed by atoms with van der Waals surface area (Å²) in [6, 6.07) is 4.42. The van der Waals surface area contributed by atoms with Crippen LogP contribution in [-0.4, -0.2) is 12.9 Å². The number of rotatable bonds is 4. The number of aryl methyl sites for hydroxylation is 2. The number of hydrogen-bond acceptors (Lipinski definition) is 2. The highest BCUT2D eigenvalue weighted by molar-refractivity contribution is 7.98. The Balaban J connectivity index is 2.13. The Bertz CT molecular complexity index is 333. The van der Waals surface area contributed by atoms with Crippen LogP contribution in [0.4, 0.5) is 0 Å². The molecule has 0 aromatic heterocycles. The van der Waals surface area contributed by atoms with Gasteiger partial charge in [-0.25, -0.2) is 0 Å². The lowest BCUT2D eigenvalue weighted by Gasteiger charge is -2.13. The third kappa shape index (κ3) is 2.69. The van der Waals surface area contributed by atoms with E-state index in [0.29, 0.717) is 0 Å². The van der Waals surface area contributed by atoms with Crippen LogP contribution in [0.25, 0.3) is 0 Å². The Labute approximate surface area is 96.2 Å². The van der Waals surface area contributed by atoms with Gasteiger partial charge in [-0.3, -0.25) is 0 Å². The third-order valence-electron chi connectivity index (χ3n) is 2.83. The molecule has 0 saturated heterocycles. The van der Waals surface area contributed by atoms with Crippen molar-refractivity contribution in [2.24, 2.45) is 5.92 Å². The molecule has 1 aliphatic rings. The molecule has 1 fully saturated rings. The molecule has 0 radical (unpaired) electrons. The second kappa shape index (κ2) is 4.48. The fraction of sp³-hybridized carbons (Fsp3) is 0.538. The summed E-state index contributed by atoms with van der Waals surface area (Å²) in [6.07, 6.45) is 4.81. The molecule has 15 heavy (non-hydrogen) atoms. The molecule has 0 amide bonds. The fourth-order valence-corrected chi connectivity index (χ4v) is 2.33. The molecule has 0 unspecified atom stereocenters. The first-order chi connectivity index (χ1) is 7.20. The van der Waals surface area contributed by atoms with Gasteiger partial charge in [-0.15, -0.1) is 11.8 Å². The van der Waals surface area contributed by atoms with Gasteiger partial charge >= 0.3 is 0 Å². The molecule has 1 nitrogen and oxygen atoms in total. The molecular formula is C13H18OS. The van der Waals surface area contributed by atoms with Crippen molar-refractivity contribution in [2.75, 3.05) is 12.9 Å². The highest BCUT2D eigenvalue weighted by Gasteiger charge is 2.22. The van der Waals surface area contributed by atoms with Crippen LogP contribution in [0.15, 0.2) is 17.0 Å². The summed E-state index contributed by atoms with van der Waals surface area (Å²) in [6.45, 7) is 5.17. The summed E-state index contributed by atoms with van der Waals surface area (Å²) in [5.41, 5.74) is 2.53. The Morgan fingerprint density at radius 3 is 2.33 bits per heavy atom. The van der Waals surface area contributed by atoms with Gasteiger partial charge in [0.05, 0.1) is 6.61 Å². The normalized spacial score (nSPS) is 15.4. The quantitative estimate of drug-likeness (QED) is 0.716. The molecule has 2 rings (SSSR count). The topological polar surface area (TPSA) is 9.23 Å². The standard InChI is InChI=1S/C13H18OS/c1-9-6-12(15-3)7-10(2)13(9)14-8-11-4-5-11/h6-7,11H,4-5,8H2,1-3H3. The monoisotopic (exact) mass is 222 g/mol. The summed E-state index contributed by atoms with van der Waals surface area (Å²) in [4.78, 5) is 1.32. The minimum absolute atomic E-state index is 0.823. The van der Waals surface area contributed by atoms with Crippen LogP contribution < -0.4 is 4.74 Å². The molecule has 0 N–H and O–H groups in total. The minimum atomic E-state index is 0.823. The predicted octanol–water partition coefficient (Wildman–Crippen LogP) is 3.81. The number of benzene rings is 1. The largest absolute Gasteiger partial charge is 0.493 e. The lowest BCUT2D eigenvalue weighted by Crippen LogP contribution is -2.02. The maximum absolute atomic E-state index is 5.88. The smallest absolute Gasteiger partial charge is 0.125 e. The molecule has 0 heterocycles. The Morgan fingerprint density at radius 1 is 1.27 bits per heavy atom. The first-order valence-corrected chi connectivity index (χ1v) is 6.71. The number of hydrogen-bond donors (Lipinski definition) is 0. The molecule has 2 heteroatoms. The Hall–Kier alpha value is -0.630. The van der Waals surface area contributed by atoms with Crippen molar-refractivity contribution in [3.05, 3.63) is 23.3 Å². The molecule has 1 aliphatic carbocycles. The van der Waals surface area contributed by atoms with Crippen LogP contribution >= 0.6 is 11.8 Å². The molecule has 1 saturated carbocycles. The minimum Gasteiger partial charge on any atom is -0.493 e. The van der Waals surface area contributed by atoms with Gasteiger partial charge in [0.25, 0.3) is 0 Å². The second-order valence-corrected chi connectivity index (χ2v) is 5.22. The fourth-order valence-electron chi connectivity index (χ4n) is 1.74. The van der Waals surface area contributed by atoms with Crippen LogP contribution in [0.1, 0.15) is 24.0 Å². The number of ether oxygens (including phenoxy) is 1. The summed E-state index contributed by atoms with van der Waals surface area (Å²) >= 11 is 1.79. The van der Waals surface area contributed by atoms with Crippen molar-refractivity contribution in [1.82, 2.24) is 0 Å². The van der Waals surface area contributed by atoms with E-state index in [2.05, 4.69) is 32.2 Å². The molecular weight excluding hydrogens is 204 g/mol. The van der Waals surface area contributed by atoms with Crippen LogP contribution in [0.2, 0.25) is 0 Å². The second-order valence-electron chi connectivity index (χ2n) is 4.34. The summed E-state index contributed by atoms with van der Waals surface area (Å²) in [5.74, 6) is 1.92. The molecule has 0 bridgehead atoms. The van der Waals surface area contributed by atoms with Gasteiger partial charge in [-0.2, -0.15) is 0 Å². The van der Waals surface area contributed by atoms with E-state index in [-0.39, 0.29) is 0 Å². The SMILES string of the molecule is CSc1cc(C)c(OCC2CC2)c(C)c1. The van der Waals surface area contributed by atoms with Crippen molar-refractivity contribution < 1.29 is 4.74 Å². The van der Waals surface area contributed by atoms with E-state index in [1.54, 1.807) is 11.8 Å². The van der Waals surface area contributed by atoms with Crippen molar-refractivity contribution in [3.63, 3.8) is 0 Å². The van der Waals surface area contributed by atoms with Crippen molar-refractivity contribution in [3.8, 4) is 5.75 Å². The Kier molecular flexibility index (Phi) is 3.25.